The summed E-state index contributed by atoms with van der Waals surface area (Å²) >= 11 is 11.9. The van der Waals surface area contributed by atoms with Gasteiger partial charge in [-0.3, -0.25) is 4.90 Å². The highest BCUT2D eigenvalue weighted by atomic mass is 35.5. The van der Waals surface area contributed by atoms with Crippen LogP contribution in [0.3, 0.4) is 0 Å². The number of nitrogens with one attached hydrogen (secondary N) is 1. The molecule has 1 fully saturated rings. The molecule has 1 heterocycles. The van der Waals surface area contributed by atoms with E-state index < -0.39 is 10.0 Å². The van der Waals surface area contributed by atoms with Crippen molar-refractivity contribution < 1.29 is 13.2 Å². The largest absolute Gasteiger partial charge is 0.494 e. The van der Waals surface area contributed by atoms with Crippen LogP contribution in [0.25, 0.3) is 11.1 Å². The molecule has 182 valence electrons. The summed E-state index contributed by atoms with van der Waals surface area (Å²) in [6, 6.07) is 21.7. The monoisotopic (exact) mass is 529 g/mol. The summed E-state index contributed by atoms with van der Waals surface area (Å²) < 4.78 is 34.3. The molecule has 4 rings (SSSR count). The molecule has 35 heavy (non-hydrogen) atoms. The molecule has 0 amide bonds. The van der Waals surface area contributed by atoms with Crippen molar-refractivity contribution in [2.45, 2.75) is 30.3 Å². The van der Waals surface area contributed by atoms with Gasteiger partial charge in [-0.05, 0) is 79.4 Å². The van der Waals surface area contributed by atoms with Gasteiger partial charge in [0.1, 0.15) is 5.75 Å². The first-order valence-corrected chi connectivity index (χ1v) is 13.5. The fraction of sp³-hybridized carbons (Fsp3) is 0.269. The van der Waals surface area contributed by atoms with E-state index in [0.29, 0.717) is 17.2 Å². The Bertz CT molecular complexity index is 1310. The molecular weight excluding hydrogens is 505 g/mol. The summed E-state index contributed by atoms with van der Waals surface area (Å²) in [5.74, 6) is 0.778. The van der Waals surface area contributed by atoms with Crippen LogP contribution in [0.15, 0.2) is 71.6 Å². The lowest BCUT2D eigenvalue weighted by molar-refractivity contribution is 0.214. The molecule has 0 bridgehead atoms. The van der Waals surface area contributed by atoms with E-state index >= 15 is 0 Å². The first-order chi connectivity index (χ1) is 16.9. The van der Waals surface area contributed by atoms with E-state index in [0.717, 1.165) is 49.2 Å². The maximum atomic E-state index is 12.8. The molecule has 0 spiro atoms. The minimum Gasteiger partial charge on any atom is -0.494 e. The molecular formula is C26H25Cl2N3O3S. The molecule has 0 aliphatic carbocycles. The van der Waals surface area contributed by atoms with Crippen LogP contribution in [-0.2, 0) is 10.0 Å². The second-order valence-electron chi connectivity index (χ2n) is 8.31. The third kappa shape index (κ3) is 6.54. The number of nitriles is 1. The second-order valence-corrected chi connectivity index (χ2v) is 10.8. The second kappa shape index (κ2) is 11.4. The number of hydrogen-bond acceptors (Lipinski definition) is 5. The molecule has 3 aromatic carbocycles. The molecule has 0 aromatic heterocycles. The van der Waals surface area contributed by atoms with Gasteiger partial charge >= 0.3 is 0 Å². The molecule has 0 radical (unpaired) electrons. The van der Waals surface area contributed by atoms with E-state index in [2.05, 4.69) is 15.7 Å². The fourth-order valence-corrected chi connectivity index (χ4v) is 5.70. The third-order valence-electron chi connectivity index (χ3n) is 5.92. The van der Waals surface area contributed by atoms with E-state index in [9.17, 15) is 8.42 Å². The summed E-state index contributed by atoms with van der Waals surface area (Å²) in [4.78, 5) is 2.23. The predicted molar refractivity (Wildman–Crippen MR) is 138 cm³/mol. The summed E-state index contributed by atoms with van der Waals surface area (Å²) in [6.45, 7) is 2.07. The topological polar surface area (TPSA) is 82.4 Å². The maximum absolute atomic E-state index is 12.8. The van der Waals surface area contributed by atoms with E-state index in [4.69, 9.17) is 33.2 Å². The van der Waals surface area contributed by atoms with Crippen LogP contribution < -0.4 is 9.46 Å². The Kier molecular flexibility index (Phi) is 8.32. The van der Waals surface area contributed by atoms with Crippen molar-refractivity contribution in [3.8, 4) is 22.9 Å². The Labute approximate surface area is 216 Å². The first-order valence-electron chi connectivity index (χ1n) is 11.3. The van der Waals surface area contributed by atoms with Gasteiger partial charge in [0.25, 0.3) is 0 Å². The number of sulfonamides is 1. The van der Waals surface area contributed by atoms with Gasteiger partial charge in [-0.15, -0.1) is 0 Å². The van der Waals surface area contributed by atoms with E-state index in [1.54, 1.807) is 12.1 Å². The molecule has 1 aliphatic rings. The van der Waals surface area contributed by atoms with Crippen molar-refractivity contribution in [2.24, 2.45) is 0 Å². The highest BCUT2D eigenvalue weighted by molar-refractivity contribution is 7.89. The van der Waals surface area contributed by atoms with Gasteiger partial charge in [0.2, 0.25) is 10.0 Å². The van der Waals surface area contributed by atoms with Crippen molar-refractivity contribution in [2.75, 3.05) is 19.7 Å². The number of likely N-dealkylation sites (tertiary alicyclic amines) is 1. The average Bonchev–Trinajstić information content (AvgIpc) is 3.30. The predicted octanol–water partition coefficient (Wildman–Crippen LogP) is 5.70. The minimum atomic E-state index is -3.70. The van der Waals surface area contributed by atoms with Crippen molar-refractivity contribution in [3.63, 3.8) is 0 Å². The van der Waals surface area contributed by atoms with Crippen molar-refractivity contribution >= 4 is 33.2 Å². The van der Waals surface area contributed by atoms with E-state index in [-0.39, 0.29) is 16.1 Å². The lowest BCUT2D eigenvalue weighted by atomic mass is 10.0. The SMILES string of the molecule is N#Cc1ccc(-c2ccc(OCCCN3CCCC3NS(=O)(=O)c3ccc(Cl)c(Cl)c3)cc2)cc1. The zero-order chi connectivity index (χ0) is 24.8. The van der Waals surface area contributed by atoms with Crippen LogP contribution in [0.1, 0.15) is 24.8 Å². The molecule has 1 saturated heterocycles. The number of nitrogens with zero attached hydrogens (tertiary/aromatic N) is 2. The Morgan fingerprint density at radius 3 is 2.34 bits per heavy atom. The summed E-state index contributed by atoms with van der Waals surface area (Å²) in [5, 5.41) is 9.45. The van der Waals surface area contributed by atoms with Gasteiger partial charge in [-0.1, -0.05) is 47.5 Å². The molecule has 9 heteroatoms. The number of hydrogen-bond donors (Lipinski definition) is 1. The Hall–Kier alpha value is -2.60. The molecule has 1 unspecified atom stereocenters. The Morgan fingerprint density at radius 2 is 1.69 bits per heavy atom. The third-order valence-corrected chi connectivity index (χ3v) is 8.11. The van der Waals surface area contributed by atoms with Gasteiger partial charge < -0.3 is 4.74 Å². The number of rotatable bonds is 9. The van der Waals surface area contributed by atoms with Gasteiger partial charge in [-0.2, -0.15) is 9.98 Å². The highest BCUT2D eigenvalue weighted by Gasteiger charge is 2.29. The van der Waals surface area contributed by atoms with Crippen molar-refractivity contribution in [1.82, 2.24) is 9.62 Å². The summed E-state index contributed by atoms with van der Waals surface area (Å²) in [6.07, 6.45) is 2.17. The molecule has 1 aliphatic heterocycles. The van der Waals surface area contributed by atoms with Crippen LogP contribution in [0, 0.1) is 11.3 Å². The minimum absolute atomic E-state index is 0.103. The van der Waals surface area contributed by atoms with Crippen LogP contribution in [0.2, 0.25) is 10.0 Å². The van der Waals surface area contributed by atoms with Crippen LogP contribution in [-0.4, -0.2) is 39.2 Å². The lowest BCUT2D eigenvalue weighted by Crippen LogP contribution is -2.44. The van der Waals surface area contributed by atoms with E-state index in [1.165, 1.54) is 18.2 Å². The van der Waals surface area contributed by atoms with Gasteiger partial charge in [0.15, 0.2) is 0 Å². The smallest absolute Gasteiger partial charge is 0.241 e. The highest BCUT2D eigenvalue weighted by Crippen LogP contribution is 2.26. The molecule has 1 atom stereocenters. The normalized spacial score (nSPS) is 16.2. The lowest BCUT2D eigenvalue weighted by Gasteiger charge is -2.25. The molecule has 3 aromatic rings. The Balaban J connectivity index is 1.26. The fourth-order valence-electron chi connectivity index (χ4n) is 4.06. The standard InChI is InChI=1S/C26H25Cl2N3O3S/c27-24-13-12-23(17-25(24)28)35(32,33)30-26-3-1-14-31(26)15-2-16-34-22-10-8-21(9-11-22)20-6-4-19(18-29)5-7-20/h4-13,17,26,30H,1-3,14-16H2. The summed E-state index contributed by atoms with van der Waals surface area (Å²) in [7, 11) is -3.70. The zero-order valence-electron chi connectivity index (χ0n) is 19.0. The van der Waals surface area contributed by atoms with Crippen molar-refractivity contribution in [1.29, 1.82) is 5.26 Å². The number of benzene rings is 3. The van der Waals surface area contributed by atoms with Gasteiger partial charge in [0.05, 0.1) is 39.3 Å². The number of ether oxygens (including phenoxy) is 1. The van der Waals surface area contributed by atoms with Gasteiger partial charge in [0, 0.05) is 6.54 Å². The zero-order valence-corrected chi connectivity index (χ0v) is 21.3. The Morgan fingerprint density at radius 1 is 1.00 bits per heavy atom. The van der Waals surface area contributed by atoms with Gasteiger partial charge in [-0.25, -0.2) is 8.42 Å². The maximum Gasteiger partial charge on any atom is 0.241 e. The van der Waals surface area contributed by atoms with Crippen LogP contribution >= 0.6 is 23.2 Å². The molecule has 1 N–H and O–H groups in total. The molecule has 0 saturated carbocycles. The summed E-state index contributed by atoms with van der Waals surface area (Å²) in [5.41, 5.74) is 2.73. The quantitative estimate of drug-likeness (QED) is 0.359. The van der Waals surface area contributed by atoms with E-state index in [1.807, 2.05) is 36.4 Å². The van der Waals surface area contributed by atoms with Crippen molar-refractivity contribution in [3.05, 3.63) is 82.3 Å². The molecule has 6 nitrogen and oxygen atoms in total. The first kappa shape index (κ1) is 25.5. The number of halogens is 2. The van der Waals surface area contributed by atoms with Crippen LogP contribution in [0.5, 0.6) is 5.75 Å². The van der Waals surface area contributed by atoms with Crippen LogP contribution in [0.4, 0.5) is 0 Å². The average molecular weight is 530 g/mol.